The van der Waals surface area contributed by atoms with Crippen molar-refractivity contribution in [3.63, 3.8) is 0 Å². The third-order valence-electron chi connectivity index (χ3n) is 3.08. The molecule has 2 aromatic rings. The minimum atomic E-state index is -0.534. The first-order chi connectivity index (χ1) is 11.5. The molecule has 0 radical (unpaired) electrons. The SMILES string of the molecule is COc1ccc(OC)c(NC(=O)COc2cccc([N+](=O)[O-])c2)c1. The van der Waals surface area contributed by atoms with Gasteiger partial charge in [0.2, 0.25) is 0 Å². The van der Waals surface area contributed by atoms with Gasteiger partial charge in [-0.2, -0.15) is 0 Å². The molecule has 2 aromatic carbocycles. The van der Waals surface area contributed by atoms with Crippen molar-refractivity contribution in [3.05, 3.63) is 52.6 Å². The molecule has 0 heterocycles. The predicted octanol–water partition coefficient (Wildman–Crippen LogP) is 2.63. The lowest BCUT2D eigenvalue weighted by Crippen LogP contribution is -2.20. The molecule has 8 nitrogen and oxygen atoms in total. The molecule has 0 aromatic heterocycles. The number of nitro groups is 1. The fourth-order valence-corrected chi connectivity index (χ4v) is 1.93. The summed E-state index contributed by atoms with van der Waals surface area (Å²) in [4.78, 5) is 22.2. The van der Waals surface area contributed by atoms with Crippen molar-refractivity contribution in [2.45, 2.75) is 0 Å². The molecule has 1 amide bonds. The van der Waals surface area contributed by atoms with Crippen molar-refractivity contribution in [3.8, 4) is 17.2 Å². The van der Waals surface area contributed by atoms with Crippen LogP contribution in [0.3, 0.4) is 0 Å². The van der Waals surface area contributed by atoms with Crippen LogP contribution in [0, 0.1) is 10.1 Å². The van der Waals surface area contributed by atoms with Gasteiger partial charge >= 0.3 is 0 Å². The second-order valence-electron chi connectivity index (χ2n) is 4.66. The Morgan fingerprint density at radius 3 is 2.58 bits per heavy atom. The second-order valence-corrected chi connectivity index (χ2v) is 4.66. The monoisotopic (exact) mass is 332 g/mol. The Bertz CT molecular complexity index is 747. The molecule has 1 N–H and O–H groups in total. The minimum absolute atomic E-state index is 0.109. The molecular formula is C16H16N2O6. The van der Waals surface area contributed by atoms with Crippen LogP contribution in [0.25, 0.3) is 0 Å². The van der Waals surface area contributed by atoms with Gasteiger partial charge in [0.1, 0.15) is 17.2 Å². The summed E-state index contributed by atoms with van der Waals surface area (Å²) in [7, 11) is 3.00. The van der Waals surface area contributed by atoms with Gasteiger partial charge in [0.15, 0.2) is 6.61 Å². The van der Waals surface area contributed by atoms with E-state index in [0.717, 1.165) is 0 Å². The van der Waals surface area contributed by atoms with Gasteiger partial charge in [-0.05, 0) is 18.2 Å². The molecule has 0 bridgehead atoms. The Morgan fingerprint density at radius 1 is 1.12 bits per heavy atom. The van der Waals surface area contributed by atoms with E-state index in [1.165, 1.54) is 38.5 Å². The van der Waals surface area contributed by atoms with Crippen molar-refractivity contribution in [1.29, 1.82) is 0 Å². The van der Waals surface area contributed by atoms with Gasteiger partial charge in [0.05, 0.1) is 30.9 Å². The highest BCUT2D eigenvalue weighted by atomic mass is 16.6. The number of nitrogens with one attached hydrogen (secondary N) is 1. The van der Waals surface area contributed by atoms with E-state index in [-0.39, 0.29) is 18.0 Å². The first kappa shape index (κ1) is 17.1. The van der Waals surface area contributed by atoms with E-state index in [4.69, 9.17) is 14.2 Å². The number of rotatable bonds is 7. The Balaban J connectivity index is 2.01. The summed E-state index contributed by atoms with van der Waals surface area (Å²) in [6, 6.07) is 10.6. The predicted molar refractivity (Wildman–Crippen MR) is 86.8 cm³/mol. The highest BCUT2D eigenvalue weighted by Gasteiger charge is 2.11. The van der Waals surface area contributed by atoms with Gasteiger partial charge in [-0.1, -0.05) is 6.07 Å². The summed E-state index contributed by atoms with van der Waals surface area (Å²) in [5.41, 5.74) is 0.326. The number of methoxy groups -OCH3 is 2. The van der Waals surface area contributed by atoms with Crippen LogP contribution >= 0.6 is 0 Å². The van der Waals surface area contributed by atoms with E-state index in [0.29, 0.717) is 17.2 Å². The third-order valence-corrected chi connectivity index (χ3v) is 3.08. The van der Waals surface area contributed by atoms with Crippen LogP contribution in [0.5, 0.6) is 17.2 Å². The number of nitrogens with zero attached hydrogens (tertiary/aromatic N) is 1. The summed E-state index contributed by atoms with van der Waals surface area (Å²) in [6.45, 7) is -0.304. The number of amides is 1. The van der Waals surface area contributed by atoms with Crippen LogP contribution in [0.4, 0.5) is 11.4 Å². The number of carbonyl (C=O) groups excluding carboxylic acids is 1. The molecular weight excluding hydrogens is 316 g/mol. The zero-order valence-corrected chi connectivity index (χ0v) is 13.1. The normalized spacial score (nSPS) is 9.92. The summed E-state index contributed by atoms with van der Waals surface area (Å²) in [6.07, 6.45) is 0. The molecule has 0 saturated carbocycles. The molecule has 0 unspecified atom stereocenters. The summed E-state index contributed by atoms with van der Waals surface area (Å²) >= 11 is 0. The molecule has 0 spiro atoms. The van der Waals surface area contributed by atoms with Gasteiger partial charge < -0.3 is 19.5 Å². The fourth-order valence-electron chi connectivity index (χ4n) is 1.93. The summed E-state index contributed by atoms with van der Waals surface area (Å²) in [5.74, 6) is 0.829. The van der Waals surface area contributed by atoms with E-state index in [1.54, 1.807) is 18.2 Å². The van der Waals surface area contributed by atoms with Crippen molar-refractivity contribution >= 4 is 17.3 Å². The van der Waals surface area contributed by atoms with Gasteiger partial charge in [0.25, 0.3) is 11.6 Å². The van der Waals surface area contributed by atoms with Gasteiger partial charge in [0, 0.05) is 12.1 Å². The number of hydrogen-bond donors (Lipinski definition) is 1. The number of carbonyl (C=O) groups is 1. The number of hydrogen-bond acceptors (Lipinski definition) is 6. The summed E-state index contributed by atoms with van der Waals surface area (Å²) in [5, 5.41) is 13.3. The van der Waals surface area contributed by atoms with Crippen LogP contribution in [0.1, 0.15) is 0 Å². The number of anilines is 1. The fraction of sp³-hybridized carbons (Fsp3) is 0.188. The van der Waals surface area contributed by atoms with Crippen LogP contribution < -0.4 is 19.5 Å². The van der Waals surface area contributed by atoms with Crippen LogP contribution in [0.15, 0.2) is 42.5 Å². The lowest BCUT2D eigenvalue weighted by molar-refractivity contribution is -0.384. The molecule has 24 heavy (non-hydrogen) atoms. The minimum Gasteiger partial charge on any atom is -0.497 e. The molecule has 0 fully saturated rings. The molecule has 0 aliphatic heterocycles. The first-order valence-electron chi connectivity index (χ1n) is 6.92. The highest BCUT2D eigenvalue weighted by molar-refractivity contribution is 5.93. The molecule has 0 aliphatic carbocycles. The van der Waals surface area contributed by atoms with E-state index in [1.807, 2.05) is 0 Å². The van der Waals surface area contributed by atoms with E-state index in [9.17, 15) is 14.9 Å². The van der Waals surface area contributed by atoms with Gasteiger partial charge in [-0.3, -0.25) is 14.9 Å². The molecule has 2 rings (SSSR count). The zero-order chi connectivity index (χ0) is 17.5. The van der Waals surface area contributed by atoms with Crippen molar-refractivity contribution in [2.24, 2.45) is 0 Å². The van der Waals surface area contributed by atoms with Crippen LogP contribution in [-0.2, 0) is 4.79 Å². The molecule has 8 heteroatoms. The molecule has 126 valence electrons. The lowest BCUT2D eigenvalue weighted by Gasteiger charge is -2.12. The largest absolute Gasteiger partial charge is 0.497 e. The van der Waals surface area contributed by atoms with Crippen LogP contribution in [-0.4, -0.2) is 31.7 Å². The molecule has 0 saturated heterocycles. The third kappa shape index (κ3) is 4.35. The highest BCUT2D eigenvalue weighted by Crippen LogP contribution is 2.28. The van der Waals surface area contributed by atoms with Gasteiger partial charge in [-0.25, -0.2) is 0 Å². The quantitative estimate of drug-likeness (QED) is 0.618. The molecule has 0 atom stereocenters. The first-order valence-corrected chi connectivity index (χ1v) is 6.92. The number of ether oxygens (including phenoxy) is 3. The Labute approximate surface area is 138 Å². The van der Waals surface area contributed by atoms with Crippen molar-refractivity contribution < 1.29 is 23.9 Å². The topological polar surface area (TPSA) is 99.9 Å². The Hall–Kier alpha value is -3.29. The van der Waals surface area contributed by atoms with E-state index >= 15 is 0 Å². The Kier molecular flexibility index (Phi) is 5.56. The summed E-state index contributed by atoms with van der Waals surface area (Å²) < 4.78 is 15.5. The second kappa shape index (κ2) is 7.82. The maximum absolute atomic E-state index is 12.0. The average molecular weight is 332 g/mol. The van der Waals surface area contributed by atoms with Gasteiger partial charge in [-0.15, -0.1) is 0 Å². The maximum Gasteiger partial charge on any atom is 0.273 e. The molecule has 0 aliphatic rings. The average Bonchev–Trinajstić information content (AvgIpc) is 2.60. The number of benzene rings is 2. The van der Waals surface area contributed by atoms with Crippen molar-refractivity contribution in [1.82, 2.24) is 0 Å². The van der Waals surface area contributed by atoms with Crippen molar-refractivity contribution in [2.75, 3.05) is 26.1 Å². The zero-order valence-electron chi connectivity index (χ0n) is 13.1. The maximum atomic E-state index is 12.0. The van der Waals surface area contributed by atoms with E-state index in [2.05, 4.69) is 5.32 Å². The number of nitro benzene ring substituents is 1. The Morgan fingerprint density at radius 2 is 1.92 bits per heavy atom. The van der Waals surface area contributed by atoms with Crippen LogP contribution in [0.2, 0.25) is 0 Å². The lowest BCUT2D eigenvalue weighted by atomic mass is 10.2. The number of non-ortho nitro benzene ring substituents is 1. The smallest absolute Gasteiger partial charge is 0.273 e. The van der Waals surface area contributed by atoms with E-state index < -0.39 is 10.8 Å². The standard InChI is InChI=1S/C16H16N2O6/c1-22-12-6-7-15(23-2)14(9-12)17-16(19)10-24-13-5-3-4-11(8-13)18(20)21/h3-9H,10H2,1-2H3,(H,17,19).